The smallest absolute Gasteiger partial charge is 0.0713 e. The van der Waals surface area contributed by atoms with Crippen LogP contribution in [0.2, 0.25) is 0 Å². The van der Waals surface area contributed by atoms with E-state index in [9.17, 15) is 0 Å². The molecule has 2 aromatic rings. The normalized spacial score (nSPS) is 16.5. The van der Waals surface area contributed by atoms with Gasteiger partial charge in [0.15, 0.2) is 0 Å². The lowest BCUT2D eigenvalue weighted by Crippen LogP contribution is -2.29. The molecule has 1 fully saturated rings. The molecular formula is C18H21BrN2. The minimum Gasteiger partial charge on any atom is -0.271 e. The standard InChI is InChI=1S/C18H21BrN2/c1-12-16(6-3-7-17(12)19)18(21-20)15-10-8-14(9-11-15)13-4-2-5-13/h3,6-11,13,18,21H,2,4-5,20H2,1H3. The second kappa shape index (κ2) is 6.30. The molecule has 21 heavy (non-hydrogen) atoms. The predicted octanol–water partition coefficient (Wildman–Crippen LogP) is 4.58. The maximum Gasteiger partial charge on any atom is 0.0713 e. The maximum absolute atomic E-state index is 5.83. The lowest BCUT2D eigenvalue weighted by Gasteiger charge is -2.26. The van der Waals surface area contributed by atoms with Crippen LogP contribution in [-0.2, 0) is 0 Å². The highest BCUT2D eigenvalue weighted by Gasteiger charge is 2.20. The first kappa shape index (κ1) is 14.8. The third-order valence-electron chi connectivity index (χ3n) is 4.63. The van der Waals surface area contributed by atoms with E-state index < -0.39 is 0 Å². The highest BCUT2D eigenvalue weighted by Crippen LogP contribution is 2.37. The first-order chi connectivity index (χ1) is 10.2. The molecule has 0 heterocycles. The molecule has 2 aromatic carbocycles. The third-order valence-corrected chi connectivity index (χ3v) is 5.49. The quantitative estimate of drug-likeness (QED) is 0.629. The van der Waals surface area contributed by atoms with Crippen LogP contribution in [0.15, 0.2) is 46.9 Å². The zero-order chi connectivity index (χ0) is 14.8. The lowest BCUT2D eigenvalue weighted by atomic mass is 9.79. The first-order valence-corrected chi connectivity index (χ1v) is 8.31. The van der Waals surface area contributed by atoms with Gasteiger partial charge in [0.05, 0.1) is 6.04 Å². The molecule has 3 N–H and O–H groups in total. The summed E-state index contributed by atoms with van der Waals surface area (Å²) in [5, 5.41) is 0. The van der Waals surface area contributed by atoms with E-state index in [1.807, 2.05) is 0 Å². The van der Waals surface area contributed by atoms with Crippen molar-refractivity contribution in [1.82, 2.24) is 5.43 Å². The van der Waals surface area contributed by atoms with Gasteiger partial charge in [-0.1, -0.05) is 58.7 Å². The van der Waals surface area contributed by atoms with Gasteiger partial charge in [-0.25, -0.2) is 5.43 Å². The van der Waals surface area contributed by atoms with E-state index in [4.69, 9.17) is 5.84 Å². The minimum absolute atomic E-state index is 0.0259. The zero-order valence-corrected chi connectivity index (χ0v) is 13.9. The SMILES string of the molecule is Cc1c(Br)cccc1C(NN)c1ccc(C2CCC2)cc1. The second-order valence-electron chi connectivity index (χ2n) is 5.85. The molecule has 0 amide bonds. The molecule has 1 aliphatic rings. The Balaban J connectivity index is 1.90. The van der Waals surface area contributed by atoms with Crippen LogP contribution in [0.25, 0.3) is 0 Å². The van der Waals surface area contributed by atoms with E-state index in [0.717, 1.165) is 10.4 Å². The summed E-state index contributed by atoms with van der Waals surface area (Å²) in [6, 6.07) is 15.2. The number of hydrazine groups is 1. The van der Waals surface area contributed by atoms with E-state index in [1.54, 1.807) is 0 Å². The highest BCUT2D eigenvalue weighted by atomic mass is 79.9. The lowest BCUT2D eigenvalue weighted by molar-refractivity contribution is 0.419. The Kier molecular flexibility index (Phi) is 4.43. The summed E-state index contributed by atoms with van der Waals surface area (Å²) < 4.78 is 1.12. The Morgan fingerprint density at radius 3 is 2.43 bits per heavy atom. The predicted molar refractivity (Wildman–Crippen MR) is 91.1 cm³/mol. The fourth-order valence-electron chi connectivity index (χ4n) is 3.00. The van der Waals surface area contributed by atoms with Crippen molar-refractivity contribution in [3.63, 3.8) is 0 Å². The molecule has 1 unspecified atom stereocenters. The van der Waals surface area contributed by atoms with Crippen molar-refractivity contribution in [2.75, 3.05) is 0 Å². The monoisotopic (exact) mass is 344 g/mol. The number of benzene rings is 2. The fourth-order valence-corrected chi connectivity index (χ4v) is 3.39. The number of nitrogens with two attached hydrogens (primary N) is 1. The summed E-state index contributed by atoms with van der Waals surface area (Å²) in [5.74, 6) is 6.60. The molecule has 0 saturated heterocycles. The average molecular weight is 345 g/mol. The van der Waals surface area contributed by atoms with Crippen molar-refractivity contribution >= 4 is 15.9 Å². The molecule has 0 aromatic heterocycles. The summed E-state index contributed by atoms with van der Waals surface area (Å²) in [4.78, 5) is 0. The Hall–Kier alpha value is -1.16. The molecule has 0 aliphatic heterocycles. The molecule has 1 saturated carbocycles. The van der Waals surface area contributed by atoms with Crippen molar-refractivity contribution in [2.24, 2.45) is 5.84 Å². The van der Waals surface area contributed by atoms with E-state index in [1.165, 1.54) is 41.5 Å². The van der Waals surface area contributed by atoms with Crippen molar-refractivity contribution in [1.29, 1.82) is 0 Å². The molecular weight excluding hydrogens is 324 g/mol. The van der Waals surface area contributed by atoms with Crippen LogP contribution < -0.4 is 11.3 Å². The number of hydrogen-bond acceptors (Lipinski definition) is 2. The molecule has 0 spiro atoms. The summed E-state index contributed by atoms with van der Waals surface area (Å²) >= 11 is 3.60. The van der Waals surface area contributed by atoms with Crippen molar-refractivity contribution < 1.29 is 0 Å². The second-order valence-corrected chi connectivity index (χ2v) is 6.70. The summed E-state index contributed by atoms with van der Waals surface area (Å²) in [7, 11) is 0. The van der Waals surface area contributed by atoms with E-state index >= 15 is 0 Å². The first-order valence-electron chi connectivity index (χ1n) is 7.51. The van der Waals surface area contributed by atoms with Gasteiger partial charge in [0.1, 0.15) is 0 Å². The molecule has 2 nitrogen and oxygen atoms in total. The van der Waals surface area contributed by atoms with Gasteiger partial charge in [0, 0.05) is 4.47 Å². The Bertz CT molecular complexity index is 618. The number of nitrogens with one attached hydrogen (secondary N) is 1. The third kappa shape index (κ3) is 2.91. The van der Waals surface area contributed by atoms with E-state index in [-0.39, 0.29) is 6.04 Å². The van der Waals surface area contributed by atoms with Crippen LogP contribution in [0.4, 0.5) is 0 Å². The maximum atomic E-state index is 5.83. The van der Waals surface area contributed by atoms with Crippen molar-refractivity contribution in [2.45, 2.75) is 38.1 Å². The van der Waals surface area contributed by atoms with Gasteiger partial charge in [-0.05, 0) is 54.0 Å². The summed E-state index contributed by atoms with van der Waals surface area (Å²) in [5.41, 5.74) is 8.07. The minimum atomic E-state index is 0.0259. The van der Waals surface area contributed by atoms with Crippen LogP contribution in [0.3, 0.4) is 0 Å². The Morgan fingerprint density at radius 2 is 1.86 bits per heavy atom. The zero-order valence-electron chi connectivity index (χ0n) is 12.3. The largest absolute Gasteiger partial charge is 0.271 e. The number of rotatable bonds is 4. The van der Waals surface area contributed by atoms with Gasteiger partial charge in [-0.3, -0.25) is 5.84 Å². The van der Waals surface area contributed by atoms with Gasteiger partial charge in [-0.2, -0.15) is 0 Å². The Morgan fingerprint density at radius 1 is 1.14 bits per heavy atom. The van der Waals surface area contributed by atoms with Crippen molar-refractivity contribution in [3.05, 3.63) is 69.2 Å². The van der Waals surface area contributed by atoms with Gasteiger partial charge < -0.3 is 0 Å². The average Bonchev–Trinajstić information content (AvgIpc) is 2.44. The van der Waals surface area contributed by atoms with Crippen LogP contribution >= 0.6 is 15.9 Å². The molecule has 0 bridgehead atoms. The fraction of sp³-hybridized carbons (Fsp3) is 0.333. The van der Waals surface area contributed by atoms with Crippen LogP contribution in [0.5, 0.6) is 0 Å². The summed E-state index contributed by atoms with van der Waals surface area (Å²) in [6.07, 6.45) is 4.04. The Labute approximate surface area is 134 Å². The van der Waals surface area contributed by atoms with Crippen LogP contribution in [0, 0.1) is 6.92 Å². The van der Waals surface area contributed by atoms with E-state index in [0.29, 0.717) is 0 Å². The van der Waals surface area contributed by atoms with Crippen LogP contribution in [-0.4, -0.2) is 0 Å². The number of halogens is 1. The van der Waals surface area contributed by atoms with Gasteiger partial charge in [0.25, 0.3) is 0 Å². The van der Waals surface area contributed by atoms with Gasteiger partial charge in [0.2, 0.25) is 0 Å². The topological polar surface area (TPSA) is 38.0 Å². The van der Waals surface area contributed by atoms with Gasteiger partial charge in [-0.15, -0.1) is 0 Å². The molecule has 3 heteroatoms. The number of hydrogen-bond donors (Lipinski definition) is 2. The molecule has 110 valence electrons. The van der Waals surface area contributed by atoms with Gasteiger partial charge >= 0.3 is 0 Å². The highest BCUT2D eigenvalue weighted by molar-refractivity contribution is 9.10. The molecule has 1 atom stereocenters. The van der Waals surface area contributed by atoms with Crippen LogP contribution in [0.1, 0.15) is 53.5 Å². The van der Waals surface area contributed by atoms with Crippen molar-refractivity contribution in [3.8, 4) is 0 Å². The summed E-state index contributed by atoms with van der Waals surface area (Å²) in [6.45, 7) is 2.12. The molecule has 0 radical (unpaired) electrons. The molecule has 1 aliphatic carbocycles. The van der Waals surface area contributed by atoms with E-state index in [2.05, 4.69) is 70.7 Å². The molecule has 3 rings (SSSR count).